The van der Waals surface area contributed by atoms with E-state index in [-0.39, 0.29) is 17.2 Å². The number of carbonyl (C=O) groups is 1. The quantitative estimate of drug-likeness (QED) is 0.919. The second-order valence-electron chi connectivity index (χ2n) is 5.72. The van der Waals surface area contributed by atoms with Crippen LogP contribution in [0, 0.1) is 17.6 Å². The summed E-state index contributed by atoms with van der Waals surface area (Å²) < 4.78 is 27.9. The van der Waals surface area contributed by atoms with Gasteiger partial charge >= 0.3 is 0 Å². The van der Waals surface area contributed by atoms with Crippen molar-refractivity contribution in [1.82, 2.24) is 4.90 Å². The van der Waals surface area contributed by atoms with Crippen molar-refractivity contribution < 1.29 is 13.6 Å². The molecule has 1 aromatic carbocycles. The van der Waals surface area contributed by atoms with E-state index in [1.807, 2.05) is 6.92 Å². The maximum atomic E-state index is 14.0. The lowest BCUT2D eigenvalue weighted by Crippen LogP contribution is -2.38. The molecule has 1 N–H and O–H groups in total. The van der Waals surface area contributed by atoms with Gasteiger partial charge in [-0.05, 0) is 37.3 Å². The van der Waals surface area contributed by atoms with E-state index >= 15 is 0 Å². The maximum Gasteiger partial charge on any atom is 0.254 e. The van der Waals surface area contributed by atoms with Gasteiger partial charge in [-0.15, -0.1) is 0 Å². The van der Waals surface area contributed by atoms with Gasteiger partial charge in [0.2, 0.25) is 0 Å². The Morgan fingerprint density at radius 1 is 1.29 bits per heavy atom. The van der Waals surface area contributed by atoms with Crippen LogP contribution in [0.3, 0.4) is 0 Å². The van der Waals surface area contributed by atoms with Crippen molar-refractivity contribution >= 4 is 11.6 Å². The molecule has 0 radical (unpaired) electrons. The number of nitrogens with zero attached hydrogens (tertiary/aromatic N) is 1. The Balaban J connectivity index is 2.15. The van der Waals surface area contributed by atoms with Crippen molar-refractivity contribution in [3.63, 3.8) is 0 Å². The number of hydrogen-bond acceptors (Lipinski definition) is 2. The standard InChI is InChI=1S/C16H22F2N2O/c1-3-6-19-15-13(17)9-12(10-14(15)18)16(21)20-7-4-11(2)5-8-20/h9-11,19H,3-8H2,1-2H3. The third-order valence-corrected chi connectivity index (χ3v) is 3.91. The van der Waals surface area contributed by atoms with Crippen LogP contribution in [0.2, 0.25) is 0 Å². The Hall–Kier alpha value is -1.65. The Kier molecular flexibility index (Phi) is 5.15. The Morgan fingerprint density at radius 2 is 1.86 bits per heavy atom. The number of rotatable bonds is 4. The average Bonchev–Trinajstić information content (AvgIpc) is 2.46. The van der Waals surface area contributed by atoms with E-state index in [2.05, 4.69) is 12.2 Å². The molecule has 1 fully saturated rings. The fraction of sp³-hybridized carbons (Fsp3) is 0.562. The second kappa shape index (κ2) is 6.87. The molecule has 3 nitrogen and oxygen atoms in total. The van der Waals surface area contributed by atoms with Gasteiger partial charge < -0.3 is 10.2 Å². The summed E-state index contributed by atoms with van der Waals surface area (Å²) in [7, 11) is 0. The number of carbonyl (C=O) groups excluding carboxylic acids is 1. The van der Waals surface area contributed by atoms with E-state index in [9.17, 15) is 13.6 Å². The molecule has 21 heavy (non-hydrogen) atoms. The summed E-state index contributed by atoms with van der Waals surface area (Å²) in [6, 6.07) is 2.25. The molecular formula is C16H22F2N2O. The molecule has 1 heterocycles. The van der Waals surface area contributed by atoms with Crippen LogP contribution in [0.25, 0.3) is 0 Å². The molecule has 0 aliphatic carbocycles. The molecule has 1 aliphatic rings. The SMILES string of the molecule is CCCNc1c(F)cc(C(=O)N2CCC(C)CC2)cc1F. The van der Waals surface area contributed by atoms with Gasteiger partial charge in [0.05, 0.1) is 0 Å². The van der Waals surface area contributed by atoms with Crippen LogP contribution in [0.15, 0.2) is 12.1 Å². The van der Waals surface area contributed by atoms with E-state index in [0.717, 1.165) is 31.4 Å². The summed E-state index contributed by atoms with van der Waals surface area (Å²) in [6.07, 6.45) is 2.64. The monoisotopic (exact) mass is 296 g/mol. The lowest BCUT2D eigenvalue weighted by Gasteiger charge is -2.30. The number of piperidine rings is 1. The van der Waals surface area contributed by atoms with Crippen molar-refractivity contribution in [2.24, 2.45) is 5.92 Å². The molecule has 0 bridgehead atoms. The summed E-state index contributed by atoms with van der Waals surface area (Å²) in [5, 5.41) is 2.71. The zero-order valence-electron chi connectivity index (χ0n) is 12.6. The topological polar surface area (TPSA) is 32.3 Å². The first-order chi connectivity index (χ1) is 10.0. The van der Waals surface area contributed by atoms with Crippen LogP contribution >= 0.6 is 0 Å². The third-order valence-electron chi connectivity index (χ3n) is 3.91. The van der Waals surface area contributed by atoms with Gasteiger partial charge in [-0.3, -0.25) is 4.79 Å². The lowest BCUT2D eigenvalue weighted by atomic mass is 9.98. The first-order valence-corrected chi connectivity index (χ1v) is 7.55. The van der Waals surface area contributed by atoms with Gasteiger partial charge in [-0.25, -0.2) is 8.78 Å². The minimum Gasteiger partial charge on any atom is -0.380 e. The molecule has 5 heteroatoms. The molecule has 0 saturated carbocycles. The van der Waals surface area contributed by atoms with Gasteiger partial charge in [0, 0.05) is 25.2 Å². The number of hydrogen-bond donors (Lipinski definition) is 1. The molecule has 0 atom stereocenters. The van der Waals surface area contributed by atoms with Crippen molar-refractivity contribution in [3.05, 3.63) is 29.3 Å². The predicted molar refractivity (Wildman–Crippen MR) is 79.4 cm³/mol. The lowest BCUT2D eigenvalue weighted by molar-refractivity contribution is 0.0696. The summed E-state index contributed by atoms with van der Waals surface area (Å²) >= 11 is 0. The van der Waals surface area contributed by atoms with Crippen LogP contribution in [0.5, 0.6) is 0 Å². The Bertz CT molecular complexity index is 488. The first-order valence-electron chi connectivity index (χ1n) is 7.55. The number of nitrogens with one attached hydrogen (secondary N) is 1. The highest BCUT2D eigenvalue weighted by Crippen LogP contribution is 2.23. The molecule has 1 amide bonds. The molecule has 1 aliphatic heterocycles. The van der Waals surface area contributed by atoms with Crippen molar-refractivity contribution in [3.8, 4) is 0 Å². The van der Waals surface area contributed by atoms with Gasteiger partial charge in [0.15, 0.2) is 0 Å². The van der Waals surface area contributed by atoms with Crippen molar-refractivity contribution in [2.75, 3.05) is 25.0 Å². The second-order valence-corrected chi connectivity index (χ2v) is 5.72. The van der Waals surface area contributed by atoms with E-state index in [1.165, 1.54) is 0 Å². The van der Waals surface area contributed by atoms with Crippen LogP contribution in [0.1, 0.15) is 43.5 Å². The number of likely N-dealkylation sites (tertiary alicyclic amines) is 1. The molecule has 116 valence electrons. The van der Waals surface area contributed by atoms with Crippen molar-refractivity contribution in [2.45, 2.75) is 33.1 Å². The molecule has 0 spiro atoms. The molecular weight excluding hydrogens is 274 g/mol. The molecule has 1 aromatic rings. The van der Waals surface area contributed by atoms with E-state index in [4.69, 9.17) is 0 Å². The molecule has 0 unspecified atom stereocenters. The first kappa shape index (κ1) is 15.7. The van der Waals surface area contributed by atoms with Gasteiger partial charge in [-0.1, -0.05) is 13.8 Å². The van der Waals surface area contributed by atoms with E-state index in [0.29, 0.717) is 25.6 Å². The summed E-state index contributed by atoms with van der Waals surface area (Å²) in [5.41, 5.74) is -0.0673. The molecule has 0 aromatic heterocycles. The third kappa shape index (κ3) is 3.71. The molecule has 2 rings (SSSR count). The number of amides is 1. The highest BCUT2D eigenvalue weighted by atomic mass is 19.1. The average molecular weight is 296 g/mol. The predicted octanol–water partition coefficient (Wildman–Crippen LogP) is 3.66. The summed E-state index contributed by atoms with van der Waals surface area (Å²) in [6.45, 7) is 5.86. The van der Waals surface area contributed by atoms with Gasteiger partial charge in [0.25, 0.3) is 5.91 Å². The van der Waals surface area contributed by atoms with Crippen LogP contribution in [-0.4, -0.2) is 30.4 Å². The zero-order chi connectivity index (χ0) is 15.4. The summed E-state index contributed by atoms with van der Waals surface area (Å²) in [5.74, 6) is -1.11. The smallest absolute Gasteiger partial charge is 0.254 e. The van der Waals surface area contributed by atoms with Gasteiger partial charge in [-0.2, -0.15) is 0 Å². The summed E-state index contributed by atoms with van der Waals surface area (Å²) in [4.78, 5) is 14.0. The van der Waals surface area contributed by atoms with Gasteiger partial charge in [0.1, 0.15) is 17.3 Å². The Morgan fingerprint density at radius 3 is 2.38 bits per heavy atom. The maximum absolute atomic E-state index is 14.0. The van der Waals surface area contributed by atoms with Crippen LogP contribution in [-0.2, 0) is 0 Å². The van der Waals surface area contributed by atoms with E-state index in [1.54, 1.807) is 4.90 Å². The minimum absolute atomic E-state index is 0.0848. The number of halogens is 2. The van der Waals surface area contributed by atoms with Crippen molar-refractivity contribution in [1.29, 1.82) is 0 Å². The fourth-order valence-corrected chi connectivity index (χ4v) is 2.51. The van der Waals surface area contributed by atoms with Crippen LogP contribution < -0.4 is 5.32 Å². The molecule has 1 saturated heterocycles. The highest BCUT2D eigenvalue weighted by molar-refractivity contribution is 5.94. The minimum atomic E-state index is -0.711. The van der Waals surface area contributed by atoms with E-state index < -0.39 is 11.6 Å². The van der Waals surface area contributed by atoms with Crippen LogP contribution in [0.4, 0.5) is 14.5 Å². The Labute approximate surface area is 124 Å². The number of benzene rings is 1. The largest absolute Gasteiger partial charge is 0.380 e. The normalized spacial score (nSPS) is 16.1. The number of anilines is 1. The fourth-order valence-electron chi connectivity index (χ4n) is 2.51. The zero-order valence-corrected chi connectivity index (χ0v) is 12.6. The highest BCUT2D eigenvalue weighted by Gasteiger charge is 2.23.